The number of fused-ring (bicyclic) bond motifs is 1. The first-order chi connectivity index (χ1) is 13.3. The van der Waals surface area contributed by atoms with E-state index in [0.29, 0.717) is 11.3 Å². The highest BCUT2D eigenvalue weighted by atomic mass is 16.7. The van der Waals surface area contributed by atoms with Crippen molar-refractivity contribution in [3.63, 3.8) is 0 Å². The van der Waals surface area contributed by atoms with E-state index in [9.17, 15) is 4.79 Å². The molecule has 5 heteroatoms. The van der Waals surface area contributed by atoms with E-state index in [2.05, 4.69) is 4.98 Å². The minimum atomic E-state index is -0.0121. The minimum Gasteiger partial charge on any atom is -0.454 e. The molecule has 1 aromatic carbocycles. The van der Waals surface area contributed by atoms with Crippen LogP contribution in [0.1, 0.15) is 44.6 Å². The predicted octanol–water partition coefficient (Wildman–Crippen LogP) is 4.58. The van der Waals surface area contributed by atoms with E-state index in [4.69, 9.17) is 9.47 Å². The molecule has 1 fully saturated rings. The van der Waals surface area contributed by atoms with Crippen LogP contribution in [0.3, 0.4) is 0 Å². The van der Waals surface area contributed by atoms with Crippen LogP contribution in [0.5, 0.6) is 11.5 Å². The zero-order valence-electron chi connectivity index (χ0n) is 15.6. The third kappa shape index (κ3) is 3.54. The number of rotatable bonds is 4. The maximum atomic E-state index is 13.6. The molecule has 0 atom stereocenters. The van der Waals surface area contributed by atoms with Gasteiger partial charge >= 0.3 is 0 Å². The van der Waals surface area contributed by atoms with Crippen LogP contribution in [0.2, 0.25) is 0 Å². The Morgan fingerprint density at radius 3 is 2.67 bits per heavy atom. The van der Waals surface area contributed by atoms with Crippen LogP contribution in [0.15, 0.2) is 48.7 Å². The van der Waals surface area contributed by atoms with Gasteiger partial charge in [0, 0.05) is 17.8 Å². The fraction of sp³-hybridized carbons (Fsp3) is 0.364. The number of hydrogen-bond donors (Lipinski definition) is 0. The number of nitrogens with zero attached hydrogens (tertiary/aromatic N) is 2. The lowest BCUT2D eigenvalue weighted by atomic mass is 9.93. The van der Waals surface area contributed by atoms with Crippen LogP contribution in [0.25, 0.3) is 5.57 Å². The summed E-state index contributed by atoms with van der Waals surface area (Å²) in [6, 6.07) is 11.6. The molecule has 0 unspecified atom stereocenters. The van der Waals surface area contributed by atoms with Crippen molar-refractivity contribution >= 4 is 17.3 Å². The topological polar surface area (TPSA) is 51.7 Å². The van der Waals surface area contributed by atoms with Crippen molar-refractivity contribution in [2.45, 2.75) is 45.1 Å². The standard InChI is InChI=1S/C22H24N2O3/c1-2-18(16-11-12-19-20(14-16)27-15-26-19)22(25)24(17-8-4-3-5-9-17)21-10-6-7-13-23-21/h2,6-7,10-14,17H,3-5,8-9,15H2,1H3. The lowest BCUT2D eigenvalue weighted by molar-refractivity contribution is -0.114. The van der Waals surface area contributed by atoms with Gasteiger partial charge in [-0.3, -0.25) is 9.69 Å². The fourth-order valence-corrected chi connectivity index (χ4v) is 3.90. The molecule has 5 nitrogen and oxygen atoms in total. The monoisotopic (exact) mass is 364 g/mol. The number of hydrogen-bond acceptors (Lipinski definition) is 4. The zero-order chi connectivity index (χ0) is 18.6. The maximum Gasteiger partial charge on any atom is 0.259 e. The van der Waals surface area contributed by atoms with Gasteiger partial charge < -0.3 is 9.47 Å². The molecule has 0 saturated heterocycles. The average molecular weight is 364 g/mol. The molecule has 1 aliphatic heterocycles. The quantitative estimate of drug-likeness (QED) is 0.745. The van der Waals surface area contributed by atoms with Gasteiger partial charge in [-0.05, 0) is 49.6 Å². The summed E-state index contributed by atoms with van der Waals surface area (Å²) in [5.41, 5.74) is 1.49. The first kappa shape index (κ1) is 17.6. The van der Waals surface area contributed by atoms with E-state index < -0.39 is 0 Å². The second-order valence-corrected chi connectivity index (χ2v) is 6.93. The average Bonchev–Trinajstić information content (AvgIpc) is 3.18. The highest BCUT2D eigenvalue weighted by Gasteiger charge is 2.30. The third-order valence-electron chi connectivity index (χ3n) is 5.26. The molecule has 1 aliphatic carbocycles. The predicted molar refractivity (Wildman–Crippen MR) is 105 cm³/mol. The largest absolute Gasteiger partial charge is 0.454 e. The molecule has 0 spiro atoms. The smallest absolute Gasteiger partial charge is 0.259 e. The second-order valence-electron chi connectivity index (χ2n) is 6.93. The van der Waals surface area contributed by atoms with E-state index >= 15 is 0 Å². The van der Waals surface area contributed by atoms with Crippen LogP contribution in [0, 0.1) is 0 Å². The number of aromatic nitrogens is 1. The molecule has 140 valence electrons. The Kier molecular flexibility index (Phi) is 5.10. The van der Waals surface area contributed by atoms with Crippen LogP contribution >= 0.6 is 0 Å². The summed E-state index contributed by atoms with van der Waals surface area (Å²) in [7, 11) is 0. The van der Waals surface area contributed by atoms with Crippen molar-refractivity contribution in [1.82, 2.24) is 4.98 Å². The van der Waals surface area contributed by atoms with Crippen LogP contribution in [-0.4, -0.2) is 23.7 Å². The third-order valence-corrected chi connectivity index (χ3v) is 5.26. The Morgan fingerprint density at radius 1 is 1.11 bits per heavy atom. The van der Waals surface area contributed by atoms with E-state index in [0.717, 1.165) is 42.8 Å². The molecular formula is C22H24N2O3. The summed E-state index contributed by atoms with van der Waals surface area (Å²) >= 11 is 0. The molecule has 1 aromatic heterocycles. The highest BCUT2D eigenvalue weighted by Crippen LogP contribution is 2.36. The lowest BCUT2D eigenvalue weighted by Gasteiger charge is -2.34. The molecule has 2 aliphatic rings. The second kappa shape index (κ2) is 7.82. The van der Waals surface area contributed by atoms with Gasteiger partial charge in [0.1, 0.15) is 5.82 Å². The summed E-state index contributed by atoms with van der Waals surface area (Å²) in [4.78, 5) is 20.0. The normalized spacial score (nSPS) is 17.0. The Bertz CT molecular complexity index is 842. The molecule has 1 amide bonds. The summed E-state index contributed by atoms with van der Waals surface area (Å²) in [5.74, 6) is 2.11. The van der Waals surface area contributed by atoms with E-state index in [1.807, 2.05) is 54.3 Å². The molecule has 2 aromatic rings. The zero-order valence-corrected chi connectivity index (χ0v) is 15.6. The molecule has 4 rings (SSSR count). The van der Waals surface area contributed by atoms with Crippen LogP contribution < -0.4 is 14.4 Å². The number of pyridine rings is 1. The first-order valence-corrected chi connectivity index (χ1v) is 9.59. The van der Waals surface area contributed by atoms with Gasteiger partial charge in [-0.1, -0.05) is 37.5 Å². The van der Waals surface area contributed by atoms with Crippen LogP contribution in [0.4, 0.5) is 5.82 Å². The van der Waals surface area contributed by atoms with Gasteiger partial charge in [0.25, 0.3) is 5.91 Å². The number of anilines is 1. The van der Waals surface area contributed by atoms with Crippen LogP contribution in [-0.2, 0) is 4.79 Å². The Hall–Kier alpha value is -2.82. The maximum absolute atomic E-state index is 13.6. The molecule has 1 saturated carbocycles. The SMILES string of the molecule is CC=C(C(=O)N(c1ccccn1)C1CCCCC1)c1ccc2c(c1)OCO2. The van der Waals surface area contributed by atoms with Crippen molar-refractivity contribution < 1.29 is 14.3 Å². The molecule has 2 heterocycles. The Morgan fingerprint density at radius 2 is 1.93 bits per heavy atom. The van der Waals surface area contributed by atoms with E-state index in [1.54, 1.807) is 6.20 Å². The Balaban J connectivity index is 1.69. The minimum absolute atomic E-state index is 0.0121. The fourth-order valence-electron chi connectivity index (χ4n) is 3.90. The molecule has 0 radical (unpaired) electrons. The number of carbonyl (C=O) groups excluding carboxylic acids is 1. The van der Waals surface area contributed by atoms with Crippen molar-refractivity contribution in [1.29, 1.82) is 0 Å². The molecule has 27 heavy (non-hydrogen) atoms. The van der Waals surface area contributed by atoms with Crippen molar-refractivity contribution in [3.8, 4) is 11.5 Å². The van der Waals surface area contributed by atoms with Crippen molar-refractivity contribution in [3.05, 3.63) is 54.2 Å². The van der Waals surface area contributed by atoms with E-state index in [1.165, 1.54) is 6.42 Å². The first-order valence-electron chi connectivity index (χ1n) is 9.59. The summed E-state index contributed by atoms with van der Waals surface area (Å²) in [6.45, 7) is 2.12. The number of benzene rings is 1. The van der Waals surface area contributed by atoms with Gasteiger partial charge in [-0.2, -0.15) is 0 Å². The van der Waals surface area contributed by atoms with Crippen molar-refractivity contribution in [2.75, 3.05) is 11.7 Å². The molecular weight excluding hydrogens is 340 g/mol. The summed E-state index contributed by atoms with van der Waals surface area (Å²) < 4.78 is 10.9. The summed E-state index contributed by atoms with van der Waals surface area (Å²) in [6.07, 6.45) is 9.18. The van der Waals surface area contributed by atoms with Gasteiger partial charge in [-0.25, -0.2) is 4.98 Å². The van der Waals surface area contributed by atoms with Gasteiger partial charge in [0.2, 0.25) is 6.79 Å². The van der Waals surface area contributed by atoms with Gasteiger partial charge in [0.05, 0.1) is 0 Å². The number of allylic oxidation sites excluding steroid dienone is 1. The lowest BCUT2D eigenvalue weighted by Crippen LogP contribution is -2.42. The van der Waals surface area contributed by atoms with Crippen molar-refractivity contribution in [2.24, 2.45) is 0 Å². The van der Waals surface area contributed by atoms with Gasteiger partial charge in [-0.15, -0.1) is 0 Å². The molecule has 0 N–H and O–H groups in total. The van der Waals surface area contributed by atoms with Gasteiger partial charge in [0.15, 0.2) is 11.5 Å². The number of carbonyl (C=O) groups is 1. The number of ether oxygens (including phenoxy) is 2. The summed E-state index contributed by atoms with van der Waals surface area (Å²) in [5, 5.41) is 0. The highest BCUT2D eigenvalue weighted by molar-refractivity contribution is 6.26. The number of amides is 1. The van der Waals surface area contributed by atoms with E-state index in [-0.39, 0.29) is 18.7 Å². The Labute approximate surface area is 159 Å². The molecule has 0 bridgehead atoms.